The number of nitrogens with zero attached hydrogens (tertiary/aromatic N) is 1. The number of alkyl halides is 3. The first kappa shape index (κ1) is 17.1. The molecular formula is C13H22F3NO3. The van der Waals surface area contributed by atoms with Crippen molar-refractivity contribution >= 4 is 6.09 Å². The summed E-state index contributed by atoms with van der Waals surface area (Å²) in [5, 5.41) is 10.00. The van der Waals surface area contributed by atoms with Gasteiger partial charge in [-0.25, -0.2) is 4.79 Å². The number of amides is 1. The second-order valence-corrected chi connectivity index (χ2v) is 6.11. The number of aliphatic hydroxyl groups is 1. The highest BCUT2D eigenvalue weighted by Gasteiger charge is 2.60. The van der Waals surface area contributed by atoms with E-state index in [1.54, 1.807) is 20.8 Å². The van der Waals surface area contributed by atoms with Crippen LogP contribution in [-0.4, -0.2) is 46.1 Å². The molecule has 0 aromatic heterocycles. The van der Waals surface area contributed by atoms with E-state index in [4.69, 9.17) is 4.74 Å². The number of carbonyl (C=O) groups is 1. The van der Waals surface area contributed by atoms with E-state index in [2.05, 4.69) is 0 Å². The van der Waals surface area contributed by atoms with E-state index in [9.17, 15) is 23.1 Å². The van der Waals surface area contributed by atoms with Gasteiger partial charge in [0.1, 0.15) is 5.60 Å². The van der Waals surface area contributed by atoms with Crippen molar-refractivity contribution in [3.8, 4) is 0 Å². The average molecular weight is 297 g/mol. The lowest BCUT2D eigenvalue weighted by Gasteiger charge is -2.39. The van der Waals surface area contributed by atoms with Crippen LogP contribution in [0.2, 0.25) is 0 Å². The summed E-state index contributed by atoms with van der Waals surface area (Å²) in [5.74, 6) is 0. The summed E-state index contributed by atoms with van der Waals surface area (Å²) in [7, 11) is 0. The molecule has 1 aliphatic heterocycles. The van der Waals surface area contributed by atoms with Crippen LogP contribution in [0.4, 0.5) is 18.0 Å². The molecule has 0 spiro atoms. The van der Waals surface area contributed by atoms with Crippen LogP contribution >= 0.6 is 0 Å². The standard InChI is InChI=1S/C13H22F3NO3/c1-5-12(19,13(14,15)16)9-7-6-8-17(9)10(18)20-11(2,3)4/h9,19H,5-8H2,1-4H3/t9-,12-/m0/s1. The maximum absolute atomic E-state index is 13.1. The van der Waals surface area contributed by atoms with Gasteiger partial charge in [-0.05, 0) is 40.0 Å². The van der Waals surface area contributed by atoms with Crippen molar-refractivity contribution in [1.82, 2.24) is 4.90 Å². The largest absolute Gasteiger partial charge is 0.444 e. The van der Waals surface area contributed by atoms with Crippen LogP contribution in [-0.2, 0) is 4.74 Å². The maximum atomic E-state index is 13.1. The van der Waals surface area contributed by atoms with E-state index < -0.39 is 35.9 Å². The SMILES string of the molecule is CC[C@](O)([C@@H]1CCCN1C(=O)OC(C)(C)C)C(F)(F)F. The normalized spacial score (nSPS) is 23.6. The Kier molecular flexibility index (Phi) is 4.63. The zero-order chi connectivity index (χ0) is 15.8. The molecule has 0 unspecified atom stereocenters. The van der Waals surface area contributed by atoms with Crippen molar-refractivity contribution in [2.75, 3.05) is 6.54 Å². The highest BCUT2D eigenvalue weighted by Crippen LogP contribution is 2.41. The predicted octanol–water partition coefficient (Wildman–Crippen LogP) is 3.09. The molecule has 1 N–H and O–H groups in total. The summed E-state index contributed by atoms with van der Waals surface area (Å²) in [6, 6.07) is -1.29. The second kappa shape index (κ2) is 5.42. The van der Waals surface area contributed by atoms with Crippen molar-refractivity contribution in [2.24, 2.45) is 0 Å². The van der Waals surface area contributed by atoms with Gasteiger partial charge in [-0.3, -0.25) is 0 Å². The lowest BCUT2D eigenvalue weighted by Crippen LogP contribution is -2.60. The molecule has 7 heteroatoms. The molecule has 1 rings (SSSR count). The predicted molar refractivity (Wildman–Crippen MR) is 67.3 cm³/mol. The third-order valence-electron chi connectivity index (χ3n) is 3.46. The number of hydrogen-bond donors (Lipinski definition) is 1. The molecule has 1 saturated heterocycles. The highest BCUT2D eigenvalue weighted by atomic mass is 19.4. The highest BCUT2D eigenvalue weighted by molar-refractivity contribution is 5.69. The lowest BCUT2D eigenvalue weighted by molar-refractivity contribution is -0.277. The molecule has 20 heavy (non-hydrogen) atoms. The minimum absolute atomic E-state index is 0.114. The molecule has 118 valence electrons. The van der Waals surface area contributed by atoms with E-state index >= 15 is 0 Å². The molecule has 0 aliphatic carbocycles. The number of ether oxygens (including phenoxy) is 1. The first-order chi connectivity index (χ1) is 8.92. The summed E-state index contributed by atoms with van der Waals surface area (Å²) < 4.78 is 44.4. The van der Waals surface area contributed by atoms with Crippen molar-refractivity contribution in [3.63, 3.8) is 0 Å². The quantitative estimate of drug-likeness (QED) is 0.852. The van der Waals surface area contributed by atoms with E-state index in [1.165, 1.54) is 6.92 Å². The van der Waals surface area contributed by atoms with Crippen LogP contribution in [0.3, 0.4) is 0 Å². The van der Waals surface area contributed by atoms with Gasteiger partial charge in [0.05, 0.1) is 6.04 Å². The number of rotatable bonds is 2. The summed E-state index contributed by atoms with van der Waals surface area (Å²) >= 11 is 0. The van der Waals surface area contributed by atoms with Crippen LogP contribution in [0, 0.1) is 0 Å². The fourth-order valence-corrected chi connectivity index (χ4v) is 2.43. The van der Waals surface area contributed by atoms with Gasteiger partial charge in [0.2, 0.25) is 0 Å². The summed E-state index contributed by atoms with van der Waals surface area (Å²) in [4.78, 5) is 13.0. The molecule has 1 heterocycles. The fourth-order valence-electron chi connectivity index (χ4n) is 2.43. The minimum Gasteiger partial charge on any atom is -0.444 e. The monoisotopic (exact) mass is 297 g/mol. The van der Waals surface area contributed by atoms with Gasteiger partial charge < -0.3 is 14.7 Å². The number of likely N-dealkylation sites (tertiary alicyclic amines) is 1. The molecule has 4 nitrogen and oxygen atoms in total. The van der Waals surface area contributed by atoms with Crippen LogP contribution in [0.1, 0.15) is 47.0 Å². The molecule has 0 aromatic rings. The summed E-state index contributed by atoms with van der Waals surface area (Å²) in [6.45, 7) is 6.36. The zero-order valence-corrected chi connectivity index (χ0v) is 12.3. The number of hydrogen-bond acceptors (Lipinski definition) is 3. The maximum Gasteiger partial charge on any atom is 0.419 e. The molecule has 0 bridgehead atoms. The van der Waals surface area contributed by atoms with Gasteiger partial charge in [0.15, 0.2) is 5.60 Å². The Balaban J connectivity index is 2.97. The molecule has 1 aliphatic rings. The summed E-state index contributed by atoms with van der Waals surface area (Å²) in [5.41, 5.74) is -3.67. The molecule has 1 amide bonds. The van der Waals surface area contributed by atoms with Crippen LogP contribution in [0.5, 0.6) is 0 Å². The van der Waals surface area contributed by atoms with Gasteiger partial charge >= 0.3 is 12.3 Å². The zero-order valence-electron chi connectivity index (χ0n) is 12.3. The molecule has 0 aromatic carbocycles. The van der Waals surface area contributed by atoms with Gasteiger partial charge in [0, 0.05) is 6.54 Å². The van der Waals surface area contributed by atoms with Gasteiger partial charge in [0.25, 0.3) is 0 Å². The Labute approximate surface area is 116 Å². The first-order valence-electron chi connectivity index (χ1n) is 6.71. The van der Waals surface area contributed by atoms with Gasteiger partial charge in [-0.15, -0.1) is 0 Å². The third kappa shape index (κ3) is 3.37. The Morgan fingerprint density at radius 2 is 1.90 bits per heavy atom. The second-order valence-electron chi connectivity index (χ2n) is 6.11. The third-order valence-corrected chi connectivity index (χ3v) is 3.46. The fraction of sp³-hybridized carbons (Fsp3) is 0.923. The van der Waals surface area contributed by atoms with Gasteiger partial charge in [-0.2, -0.15) is 13.2 Å². The van der Waals surface area contributed by atoms with Crippen LogP contribution in [0.25, 0.3) is 0 Å². The topological polar surface area (TPSA) is 49.8 Å². The van der Waals surface area contributed by atoms with Crippen molar-refractivity contribution < 1.29 is 27.8 Å². The average Bonchev–Trinajstić information content (AvgIpc) is 2.73. The van der Waals surface area contributed by atoms with E-state index in [0.29, 0.717) is 6.42 Å². The lowest BCUT2D eigenvalue weighted by atomic mass is 9.89. The van der Waals surface area contributed by atoms with Crippen molar-refractivity contribution in [2.45, 2.75) is 70.4 Å². The molecule has 0 radical (unpaired) electrons. The van der Waals surface area contributed by atoms with E-state index in [-0.39, 0.29) is 13.0 Å². The number of halogens is 3. The first-order valence-corrected chi connectivity index (χ1v) is 6.71. The minimum atomic E-state index is -4.78. The van der Waals surface area contributed by atoms with Crippen molar-refractivity contribution in [1.29, 1.82) is 0 Å². The van der Waals surface area contributed by atoms with Gasteiger partial charge in [-0.1, -0.05) is 6.92 Å². The Morgan fingerprint density at radius 1 is 1.35 bits per heavy atom. The Morgan fingerprint density at radius 3 is 2.30 bits per heavy atom. The number of carbonyl (C=O) groups excluding carboxylic acids is 1. The van der Waals surface area contributed by atoms with E-state index in [0.717, 1.165) is 4.90 Å². The summed E-state index contributed by atoms with van der Waals surface area (Å²) in [6.07, 6.45) is -5.56. The van der Waals surface area contributed by atoms with Crippen LogP contribution < -0.4 is 0 Å². The smallest absolute Gasteiger partial charge is 0.419 e. The Bertz CT molecular complexity index is 365. The molecule has 1 fully saturated rings. The molecule has 2 atom stereocenters. The molecule has 0 saturated carbocycles. The van der Waals surface area contributed by atoms with Crippen LogP contribution in [0.15, 0.2) is 0 Å². The Hall–Kier alpha value is -0.980. The van der Waals surface area contributed by atoms with E-state index in [1.807, 2.05) is 0 Å². The molecular weight excluding hydrogens is 275 g/mol. The van der Waals surface area contributed by atoms with Crippen molar-refractivity contribution in [3.05, 3.63) is 0 Å².